The van der Waals surface area contributed by atoms with Crippen LogP contribution in [0.3, 0.4) is 0 Å². The van der Waals surface area contributed by atoms with E-state index in [1.54, 1.807) is 0 Å². The molecule has 2 aromatic carbocycles. The van der Waals surface area contributed by atoms with Crippen LogP contribution in [0.2, 0.25) is 0 Å². The molecule has 0 atom stereocenters. The van der Waals surface area contributed by atoms with Gasteiger partial charge in [0, 0.05) is 16.3 Å². The predicted octanol–water partition coefficient (Wildman–Crippen LogP) is 4.15. The summed E-state index contributed by atoms with van der Waals surface area (Å²) < 4.78 is 0. The Morgan fingerprint density at radius 3 is 2.33 bits per heavy atom. The van der Waals surface area contributed by atoms with Crippen LogP contribution in [0.25, 0.3) is 22.0 Å². The minimum absolute atomic E-state index is 0.496. The van der Waals surface area contributed by atoms with Gasteiger partial charge in [0.2, 0.25) is 0 Å². The first-order valence-corrected chi connectivity index (χ1v) is 7.45. The van der Waals surface area contributed by atoms with Crippen LogP contribution in [0.4, 0.5) is 5.82 Å². The Balaban J connectivity index is 1.97. The first kappa shape index (κ1) is 12.3. The lowest BCUT2D eigenvalue weighted by molar-refractivity contribution is 0.420. The number of aromatic nitrogens is 2. The zero-order valence-corrected chi connectivity index (χ0v) is 11.8. The van der Waals surface area contributed by atoms with Gasteiger partial charge in [-0.3, -0.25) is 0 Å². The third kappa shape index (κ3) is 1.97. The second-order valence-electron chi connectivity index (χ2n) is 5.69. The van der Waals surface area contributed by atoms with Gasteiger partial charge in [0.15, 0.2) is 5.82 Å². The molecule has 1 aliphatic rings. The monoisotopic (exact) mass is 275 g/mol. The van der Waals surface area contributed by atoms with Gasteiger partial charge in [-0.15, -0.1) is 10.2 Å². The summed E-state index contributed by atoms with van der Waals surface area (Å²) in [6, 6.07) is 16.7. The van der Waals surface area contributed by atoms with Crippen molar-refractivity contribution in [3.05, 3.63) is 54.1 Å². The fourth-order valence-electron chi connectivity index (χ4n) is 3.11. The zero-order valence-electron chi connectivity index (χ0n) is 11.8. The molecule has 21 heavy (non-hydrogen) atoms. The molecule has 0 spiro atoms. The standard InChI is InChI=1S/C18H17N3/c19-18-16-11-4-3-10-15(16)17(20-21-18)14-9-2-1-8-13(14)12-6-5-7-12/h1-4,8-12H,5-7H2,(H2,19,21). The van der Waals surface area contributed by atoms with Gasteiger partial charge in [-0.05, 0) is 24.3 Å². The molecule has 104 valence electrons. The quantitative estimate of drug-likeness (QED) is 0.764. The van der Waals surface area contributed by atoms with Crippen molar-refractivity contribution in [3.63, 3.8) is 0 Å². The molecular formula is C18H17N3. The average molecular weight is 275 g/mol. The lowest BCUT2D eigenvalue weighted by Crippen LogP contribution is -2.10. The third-order valence-corrected chi connectivity index (χ3v) is 4.48. The Morgan fingerprint density at radius 1 is 0.857 bits per heavy atom. The highest BCUT2D eigenvalue weighted by Gasteiger charge is 2.23. The maximum Gasteiger partial charge on any atom is 0.154 e. The largest absolute Gasteiger partial charge is 0.382 e. The molecular weight excluding hydrogens is 258 g/mol. The minimum atomic E-state index is 0.496. The van der Waals surface area contributed by atoms with Gasteiger partial charge in [-0.25, -0.2) is 0 Å². The van der Waals surface area contributed by atoms with E-state index < -0.39 is 0 Å². The van der Waals surface area contributed by atoms with Gasteiger partial charge in [-0.2, -0.15) is 0 Å². The van der Waals surface area contributed by atoms with E-state index in [1.165, 1.54) is 30.4 Å². The molecule has 3 aromatic rings. The summed E-state index contributed by atoms with van der Waals surface area (Å²) in [7, 11) is 0. The zero-order chi connectivity index (χ0) is 14.2. The maximum atomic E-state index is 5.96. The highest BCUT2D eigenvalue weighted by atomic mass is 15.1. The van der Waals surface area contributed by atoms with E-state index in [2.05, 4.69) is 40.5 Å². The van der Waals surface area contributed by atoms with Crippen molar-refractivity contribution >= 4 is 16.6 Å². The molecule has 1 saturated carbocycles. The second-order valence-corrected chi connectivity index (χ2v) is 5.69. The van der Waals surface area contributed by atoms with Crippen molar-refractivity contribution in [2.45, 2.75) is 25.2 Å². The lowest BCUT2D eigenvalue weighted by Gasteiger charge is -2.27. The van der Waals surface area contributed by atoms with Crippen molar-refractivity contribution in [2.24, 2.45) is 0 Å². The Kier molecular flexibility index (Phi) is 2.85. The highest BCUT2D eigenvalue weighted by molar-refractivity contribution is 5.99. The van der Waals surface area contributed by atoms with Gasteiger partial charge in [-0.1, -0.05) is 55.0 Å². The minimum Gasteiger partial charge on any atom is -0.382 e. The molecule has 0 radical (unpaired) electrons. The summed E-state index contributed by atoms with van der Waals surface area (Å²) in [6.07, 6.45) is 3.88. The number of rotatable bonds is 2. The molecule has 1 aliphatic carbocycles. The van der Waals surface area contributed by atoms with Crippen LogP contribution in [0.5, 0.6) is 0 Å². The van der Waals surface area contributed by atoms with E-state index in [9.17, 15) is 0 Å². The molecule has 3 heteroatoms. The summed E-state index contributed by atoms with van der Waals surface area (Å²) in [5.41, 5.74) is 9.51. The Labute approximate surface area is 123 Å². The van der Waals surface area contributed by atoms with E-state index in [-0.39, 0.29) is 0 Å². The molecule has 4 rings (SSSR count). The molecule has 1 heterocycles. The average Bonchev–Trinajstić information content (AvgIpc) is 2.47. The molecule has 0 unspecified atom stereocenters. The summed E-state index contributed by atoms with van der Waals surface area (Å²) in [4.78, 5) is 0. The van der Waals surface area contributed by atoms with Crippen molar-refractivity contribution in [1.29, 1.82) is 0 Å². The van der Waals surface area contributed by atoms with Crippen molar-refractivity contribution < 1.29 is 0 Å². The first-order valence-electron chi connectivity index (χ1n) is 7.45. The number of fused-ring (bicyclic) bond motifs is 1. The van der Waals surface area contributed by atoms with Crippen LogP contribution in [0.15, 0.2) is 48.5 Å². The van der Waals surface area contributed by atoms with Crippen molar-refractivity contribution in [3.8, 4) is 11.3 Å². The van der Waals surface area contributed by atoms with Crippen LogP contribution in [-0.4, -0.2) is 10.2 Å². The Hall–Kier alpha value is -2.42. The summed E-state index contributed by atoms with van der Waals surface area (Å²) in [6.45, 7) is 0. The number of anilines is 1. The highest BCUT2D eigenvalue weighted by Crippen LogP contribution is 2.41. The second kappa shape index (κ2) is 4.85. The third-order valence-electron chi connectivity index (χ3n) is 4.48. The van der Waals surface area contributed by atoms with Crippen LogP contribution in [-0.2, 0) is 0 Å². The number of hydrogen-bond acceptors (Lipinski definition) is 3. The summed E-state index contributed by atoms with van der Waals surface area (Å²) >= 11 is 0. The van der Waals surface area contributed by atoms with Crippen LogP contribution >= 0.6 is 0 Å². The molecule has 0 bridgehead atoms. The van der Waals surface area contributed by atoms with E-state index >= 15 is 0 Å². The van der Waals surface area contributed by atoms with Crippen LogP contribution < -0.4 is 5.73 Å². The number of nitrogen functional groups attached to an aromatic ring is 1. The molecule has 1 fully saturated rings. The van der Waals surface area contributed by atoms with Gasteiger partial charge >= 0.3 is 0 Å². The van der Waals surface area contributed by atoms with Crippen LogP contribution in [0.1, 0.15) is 30.7 Å². The SMILES string of the molecule is Nc1nnc(-c2ccccc2C2CCC2)c2ccccc12. The number of nitrogens with two attached hydrogens (primary N) is 1. The molecule has 2 N–H and O–H groups in total. The van der Waals surface area contributed by atoms with Gasteiger partial charge < -0.3 is 5.73 Å². The van der Waals surface area contributed by atoms with Gasteiger partial charge in [0.1, 0.15) is 5.69 Å². The molecule has 3 nitrogen and oxygen atoms in total. The Morgan fingerprint density at radius 2 is 1.57 bits per heavy atom. The van der Waals surface area contributed by atoms with E-state index in [4.69, 9.17) is 5.73 Å². The number of nitrogens with zero attached hydrogens (tertiary/aromatic N) is 2. The molecule has 0 amide bonds. The molecule has 1 aromatic heterocycles. The van der Waals surface area contributed by atoms with Gasteiger partial charge in [0.25, 0.3) is 0 Å². The van der Waals surface area contributed by atoms with E-state index in [0.29, 0.717) is 11.7 Å². The van der Waals surface area contributed by atoms with Crippen molar-refractivity contribution in [1.82, 2.24) is 10.2 Å². The summed E-state index contributed by atoms with van der Waals surface area (Å²) in [5.74, 6) is 1.16. The lowest BCUT2D eigenvalue weighted by atomic mass is 9.77. The smallest absolute Gasteiger partial charge is 0.154 e. The predicted molar refractivity (Wildman–Crippen MR) is 86.0 cm³/mol. The van der Waals surface area contributed by atoms with Crippen molar-refractivity contribution in [2.75, 3.05) is 5.73 Å². The fourth-order valence-corrected chi connectivity index (χ4v) is 3.11. The fraction of sp³-hybridized carbons (Fsp3) is 0.222. The molecule has 0 saturated heterocycles. The van der Waals surface area contributed by atoms with E-state index in [0.717, 1.165) is 16.5 Å². The van der Waals surface area contributed by atoms with Crippen LogP contribution in [0, 0.1) is 0 Å². The topological polar surface area (TPSA) is 51.8 Å². The first-order chi connectivity index (χ1) is 10.3. The van der Waals surface area contributed by atoms with E-state index in [1.807, 2.05) is 18.2 Å². The molecule has 0 aliphatic heterocycles. The maximum absolute atomic E-state index is 5.96. The van der Waals surface area contributed by atoms with Gasteiger partial charge in [0.05, 0.1) is 0 Å². The normalized spacial score (nSPS) is 15.0. The number of hydrogen-bond donors (Lipinski definition) is 1. The Bertz CT molecular complexity index is 806. The number of benzene rings is 2. The summed E-state index contributed by atoms with van der Waals surface area (Å²) in [5, 5.41) is 10.6.